The van der Waals surface area contributed by atoms with Gasteiger partial charge in [0.2, 0.25) is 10.0 Å². The maximum atomic E-state index is 13.2. The van der Waals surface area contributed by atoms with Crippen molar-refractivity contribution in [3.05, 3.63) is 46.9 Å². The topological polar surface area (TPSA) is 113 Å². The second kappa shape index (κ2) is 10.7. The van der Waals surface area contributed by atoms with E-state index >= 15 is 0 Å². The van der Waals surface area contributed by atoms with Crippen LogP contribution in [-0.2, 0) is 29.6 Å². The molecule has 36 heavy (non-hydrogen) atoms. The Bertz CT molecular complexity index is 1310. The van der Waals surface area contributed by atoms with Gasteiger partial charge in [-0.25, -0.2) is 21.1 Å². The Labute approximate surface area is 222 Å². The molecule has 0 aliphatic carbocycles. The van der Waals surface area contributed by atoms with Gasteiger partial charge in [0, 0.05) is 31.7 Å². The number of carbonyl (C=O) groups excluding carboxylic acids is 1. The number of piperidine rings is 1. The summed E-state index contributed by atoms with van der Waals surface area (Å²) in [5.74, 6) is -0.411. The minimum Gasteiger partial charge on any atom is -0.460 e. The van der Waals surface area contributed by atoms with Crippen molar-refractivity contribution < 1.29 is 26.4 Å². The van der Waals surface area contributed by atoms with Gasteiger partial charge in [-0.3, -0.25) is 9.52 Å². The third-order valence-electron chi connectivity index (χ3n) is 5.69. The van der Waals surface area contributed by atoms with E-state index in [1.165, 1.54) is 38.4 Å². The van der Waals surface area contributed by atoms with E-state index in [9.17, 15) is 21.6 Å². The number of anilines is 2. The normalized spacial score (nSPS) is 15.7. The van der Waals surface area contributed by atoms with Gasteiger partial charge < -0.3 is 9.64 Å². The Morgan fingerprint density at radius 3 is 2.08 bits per heavy atom. The van der Waals surface area contributed by atoms with Crippen LogP contribution in [0.3, 0.4) is 0 Å². The minimum absolute atomic E-state index is 0.00227. The first-order valence-corrected chi connectivity index (χ1v) is 15.1. The zero-order valence-corrected chi connectivity index (χ0v) is 24.2. The van der Waals surface area contributed by atoms with Gasteiger partial charge in [0.15, 0.2) is 0 Å². The number of halogens is 1. The van der Waals surface area contributed by atoms with Crippen molar-refractivity contribution in [2.75, 3.05) is 36.8 Å². The zero-order chi connectivity index (χ0) is 26.9. The van der Waals surface area contributed by atoms with E-state index in [0.29, 0.717) is 41.8 Å². The lowest BCUT2D eigenvalue weighted by Crippen LogP contribution is -2.39. The van der Waals surface area contributed by atoms with Crippen molar-refractivity contribution in [1.29, 1.82) is 0 Å². The fraction of sp³-hybridized carbons (Fsp3) is 0.458. The molecule has 0 atom stereocenters. The van der Waals surface area contributed by atoms with Crippen LogP contribution in [0.1, 0.15) is 33.6 Å². The van der Waals surface area contributed by atoms with Crippen LogP contribution >= 0.6 is 15.9 Å². The molecule has 0 aromatic heterocycles. The SMILES string of the molecule is CN(C)S(=O)(=O)c1ccc(S(=O)(=O)Nc2cc(Br)ccc2N2CCC(C(=O)OC(C)(C)C)CC2)cc1. The summed E-state index contributed by atoms with van der Waals surface area (Å²) in [7, 11) is -4.85. The van der Waals surface area contributed by atoms with Gasteiger partial charge in [-0.2, -0.15) is 0 Å². The average molecular weight is 603 g/mol. The predicted molar refractivity (Wildman–Crippen MR) is 143 cm³/mol. The first kappa shape index (κ1) is 28.4. The number of hydrogen-bond acceptors (Lipinski definition) is 7. The van der Waals surface area contributed by atoms with E-state index in [-0.39, 0.29) is 21.7 Å². The molecular weight excluding hydrogens is 570 g/mol. The Balaban J connectivity index is 1.79. The lowest BCUT2D eigenvalue weighted by atomic mass is 9.96. The smallest absolute Gasteiger partial charge is 0.309 e. The maximum Gasteiger partial charge on any atom is 0.309 e. The van der Waals surface area contributed by atoms with Crippen molar-refractivity contribution in [2.24, 2.45) is 5.92 Å². The number of sulfonamides is 2. The van der Waals surface area contributed by atoms with Crippen LogP contribution in [-0.4, -0.2) is 59.9 Å². The highest BCUT2D eigenvalue weighted by atomic mass is 79.9. The predicted octanol–water partition coefficient (Wildman–Crippen LogP) is 4.06. The summed E-state index contributed by atoms with van der Waals surface area (Å²) in [5.41, 5.74) is 0.529. The number of nitrogens with zero attached hydrogens (tertiary/aromatic N) is 2. The van der Waals surface area contributed by atoms with Crippen LogP contribution in [0.25, 0.3) is 0 Å². The molecule has 2 aromatic rings. The molecule has 0 bridgehead atoms. The second-order valence-corrected chi connectivity index (χ2v) is 14.6. The highest BCUT2D eigenvalue weighted by Gasteiger charge is 2.30. The van der Waals surface area contributed by atoms with Crippen molar-refractivity contribution in [3.63, 3.8) is 0 Å². The molecule has 1 saturated heterocycles. The molecule has 0 unspecified atom stereocenters. The van der Waals surface area contributed by atoms with Gasteiger partial charge in [0.05, 0.1) is 27.1 Å². The van der Waals surface area contributed by atoms with Gasteiger partial charge >= 0.3 is 5.97 Å². The zero-order valence-electron chi connectivity index (χ0n) is 21.0. The molecular formula is C24H32BrN3O6S2. The Morgan fingerprint density at radius 1 is 1.00 bits per heavy atom. The van der Waals surface area contributed by atoms with Crippen LogP contribution in [0.5, 0.6) is 0 Å². The fourth-order valence-corrected chi connectivity index (χ4v) is 6.14. The summed E-state index contributed by atoms with van der Waals surface area (Å²) in [4.78, 5) is 14.4. The van der Waals surface area contributed by atoms with Crippen molar-refractivity contribution in [3.8, 4) is 0 Å². The van der Waals surface area contributed by atoms with Gasteiger partial charge in [0.25, 0.3) is 10.0 Å². The van der Waals surface area contributed by atoms with Crippen LogP contribution < -0.4 is 9.62 Å². The Kier molecular flexibility index (Phi) is 8.43. The first-order chi connectivity index (χ1) is 16.6. The van der Waals surface area contributed by atoms with E-state index < -0.39 is 25.6 Å². The number of hydrogen-bond donors (Lipinski definition) is 1. The van der Waals surface area contributed by atoms with Crippen LogP contribution in [0, 0.1) is 5.92 Å². The molecule has 0 amide bonds. The average Bonchev–Trinajstić information content (AvgIpc) is 2.78. The third kappa shape index (κ3) is 6.78. The number of benzene rings is 2. The molecule has 1 aliphatic rings. The molecule has 1 N–H and O–H groups in total. The fourth-order valence-electron chi connectivity index (χ4n) is 3.81. The van der Waals surface area contributed by atoms with Crippen LogP contribution in [0.15, 0.2) is 56.7 Å². The highest BCUT2D eigenvalue weighted by molar-refractivity contribution is 9.10. The van der Waals surface area contributed by atoms with Gasteiger partial charge in [0.1, 0.15) is 5.60 Å². The minimum atomic E-state index is -4.00. The van der Waals surface area contributed by atoms with Crippen LogP contribution in [0.4, 0.5) is 11.4 Å². The summed E-state index contributed by atoms with van der Waals surface area (Å²) in [5, 5.41) is 0. The molecule has 198 valence electrons. The van der Waals surface area contributed by atoms with Crippen molar-refractivity contribution in [2.45, 2.75) is 49.0 Å². The van der Waals surface area contributed by atoms with Crippen LogP contribution in [0.2, 0.25) is 0 Å². The molecule has 1 heterocycles. The molecule has 3 rings (SSSR count). The molecule has 0 spiro atoms. The number of ether oxygens (including phenoxy) is 1. The summed E-state index contributed by atoms with van der Waals surface area (Å²) < 4.78 is 60.8. The molecule has 9 nitrogen and oxygen atoms in total. The monoisotopic (exact) mass is 601 g/mol. The second-order valence-electron chi connectivity index (χ2n) is 9.82. The summed E-state index contributed by atoms with van der Waals surface area (Å²) in [6.07, 6.45) is 1.19. The summed E-state index contributed by atoms with van der Waals surface area (Å²) >= 11 is 3.40. The largest absolute Gasteiger partial charge is 0.460 e. The number of carbonyl (C=O) groups is 1. The molecule has 0 radical (unpaired) electrons. The number of rotatable bonds is 7. The molecule has 12 heteroatoms. The summed E-state index contributed by atoms with van der Waals surface area (Å²) in [6.45, 7) is 6.66. The lowest BCUT2D eigenvalue weighted by molar-refractivity contribution is -0.160. The quantitative estimate of drug-likeness (QED) is 0.476. The Hall–Kier alpha value is -2.15. The number of esters is 1. The van der Waals surface area contributed by atoms with E-state index in [2.05, 4.69) is 20.7 Å². The van der Waals surface area contributed by atoms with Gasteiger partial charge in [-0.05, 0) is 76.1 Å². The van der Waals surface area contributed by atoms with E-state index in [1.54, 1.807) is 6.07 Å². The third-order valence-corrected chi connectivity index (χ3v) is 9.40. The molecule has 1 aliphatic heterocycles. The maximum absolute atomic E-state index is 13.2. The lowest BCUT2D eigenvalue weighted by Gasteiger charge is -2.35. The first-order valence-electron chi connectivity index (χ1n) is 11.4. The van der Waals surface area contributed by atoms with Gasteiger partial charge in [-0.1, -0.05) is 15.9 Å². The van der Waals surface area contributed by atoms with E-state index in [0.717, 1.165) is 4.31 Å². The van der Waals surface area contributed by atoms with Crippen molar-refractivity contribution >= 4 is 53.3 Å². The standard InChI is InChI=1S/C24H32BrN3O6S2/c1-24(2,3)34-23(29)17-12-14-28(15-13-17)22-11-6-18(25)16-21(22)26-35(30,31)19-7-9-20(10-8-19)36(32,33)27(4)5/h6-11,16-17,26H,12-15H2,1-5H3. The highest BCUT2D eigenvalue weighted by Crippen LogP contribution is 2.34. The van der Waals surface area contributed by atoms with E-state index in [4.69, 9.17) is 4.74 Å². The Morgan fingerprint density at radius 2 is 1.56 bits per heavy atom. The number of nitrogens with one attached hydrogen (secondary N) is 1. The summed E-state index contributed by atoms with van der Waals surface area (Å²) in [6, 6.07) is 10.4. The molecule has 0 saturated carbocycles. The molecule has 2 aromatic carbocycles. The van der Waals surface area contributed by atoms with Gasteiger partial charge in [-0.15, -0.1) is 0 Å². The van der Waals surface area contributed by atoms with E-state index in [1.807, 2.05) is 37.8 Å². The van der Waals surface area contributed by atoms with Crippen molar-refractivity contribution in [1.82, 2.24) is 4.31 Å². The molecule has 1 fully saturated rings.